The van der Waals surface area contributed by atoms with Gasteiger partial charge in [-0.15, -0.1) is 0 Å². The highest BCUT2D eigenvalue weighted by Gasteiger charge is 2.35. The maximum absolute atomic E-state index is 11.3. The molecule has 0 aromatic carbocycles. The van der Waals surface area contributed by atoms with E-state index in [9.17, 15) is 4.79 Å². The lowest BCUT2D eigenvalue weighted by molar-refractivity contribution is -0.146. The van der Waals surface area contributed by atoms with E-state index >= 15 is 0 Å². The summed E-state index contributed by atoms with van der Waals surface area (Å²) in [5.74, 6) is -0.00685. The van der Waals surface area contributed by atoms with E-state index in [0.717, 1.165) is 19.3 Å². The Kier molecular flexibility index (Phi) is 2.20. The first kappa shape index (κ1) is 8.53. The van der Waals surface area contributed by atoms with Crippen LogP contribution in [0.1, 0.15) is 19.3 Å². The molecule has 1 fully saturated rings. The molecular weight excluding hydrogens is 168 g/mol. The summed E-state index contributed by atoms with van der Waals surface area (Å²) >= 11 is 0. The predicted octanol–water partition coefficient (Wildman–Crippen LogP) is 0.328. The number of rotatable bonds is 1. The monoisotopic (exact) mass is 182 g/mol. The van der Waals surface area contributed by atoms with Gasteiger partial charge in [0.15, 0.2) is 0 Å². The number of hydrogen-bond donors (Lipinski definition) is 1. The Morgan fingerprint density at radius 3 is 3.23 bits per heavy atom. The summed E-state index contributed by atoms with van der Waals surface area (Å²) < 4.78 is 4.73. The van der Waals surface area contributed by atoms with Crippen LogP contribution in [0, 0.1) is 5.92 Å². The zero-order valence-electron chi connectivity index (χ0n) is 7.69. The number of hydrogen-bond acceptors (Lipinski definition) is 4. The summed E-state index contributed by atoms with van der Waals surface area (Å²) in [4.78, 5) is 15.6. The Balaban J connectivity index is 1.95. The summed E-state index contributed by atoms with van der Waals surface area (Å²) in [6.45, 7) is 0. The minimum absolute atomic E-state index is 0.0699. The largest absolute Gasteiger partial charge is 0.469 e. The summed E-state index contributed by atoms with van der Waals surface area (Å²) in [7, 11) is 1.45. The minimum atomic E-state index is -0.0767. The quantitative estimate of drug-likeness (QED) is 0.594. The minimum Gasteiger partial charge on any atom is -0.469 e. The molecular formula is C9H14N2O2. The average molecular weight is 182 g/mol. The molecule has 2 aliphatic rings. The van der Waals surface area contributed by atoms with Crippen molar-refractivity contribution in [2.45, 2.75) is 31.3 Å². The zero-order valence-corrected chi connectivity index (χ0v) is 7.69. The molecule has 0 spiro atoms. The van der Waals surface area contributed by atoms with Crippen LogP contribution in [-0.4, -0.2) is 31.5 Å². The van der Waals surface area contributed by atoms with Crippen molar-refractivity contribution in [1.82, 2.24) is 5.32 Å². The van der Waals surface area contributed by atoms with Gasteiger partial charge in [0.25, 0.3) is 0 Å². The number of carbonyl (C=O) groups excluding carboxylic acids is 1. The van der Waals surface area contributed by atoms with Crippen molar-refractivity contribution in [2.24, 2.45) is 10.9 Å². The number of methoxy groups -OCH3 is 1. The Morgan fingerprint density at radius 2 is 2.46 bits per heavy atom. The lowest BCUT2D eigenvalue weighted by Crippen LogP contribution is -2.40. The van der Waals surface area contributed by atoms with Crippen molar-refractivity contribution in [3.8, 4) is 0 Å². The molecule has 1 N–H and O–H groups in total. The van der Waals surface area contributed by atoms with Gasteiger partial charge in [0.1, 0.15) is 0 Å². The molecule has 4 heteroatoms. The van der Waals surface area contributed by atoms with E-state index in [1.165, 1.54) is 7.11 Å². The molecule has 0 radical (unpaired) electrons. The van der Waals surface area contributed by atoms with Crippen molar-refractivity contribution in [3.63, 3.8) is 0 Å². The maximum atomic E-state index is 11.3. The van der Waals surface area contributed by atoms with Crippen LogP contribution in [0.15, 0.2) is 4.99 Å². The third-order valence-electron chi connectivity index (χ3n) is 2.90. The number of ether oxygens (including phenoxy) is 1. The molecule has 1 aliphatic carbocycles. The third-order valence-corrected chi connectivity index (χ3v) is 2.90. The second-order valence-corrected chi connectivity index (χ2v) is 3.65. The summed E-state index contributed by atoms with van der Waals surface area (Å²) in [6, 6.07) is 0.749. The van der Waals surface area contributed by atoms with Crippen molar-refractivity contribution >= 4 is 12.3 Å². The fraction of sp³-hybridized carbons (Fsp3) is 0.778. The van der Waals surface area contributed by atoms with Crippen LogP contribution in [0.25, 0.3) is 0 Å². The highest BCUT2D eigenvalue weighted by atomic mass is 16.5. The second kappa shape index (κ2) is 3.36. The normalized spacial score (nSPS) is 36.5. The molecule has 1 saturated carbocycles. The predicted molar refractivity (Wildman–Crippen MR) is 48.6 cm³/mol. The second-order valence-electron chi connectivity index (χ2n) is 3.65. The van der Waals surface area contributed by atoms with E-state index in [1.54, 1.807) is 6.34 Å². The van der Waals surface area contributed by atoms with Crippen LogP contribution in [-0.2, 0) is 9.53 Å². The number of fused-ring (bicyclic) bond motifs is 1. The Morgan fingerprint density at radius 1 is 1.62 bits per heavy atom. The van der Waals surface area contributed by atoms with Gasteiger partial charge in [-0.2, -0.15) is 0 Å². The molecule has 0 aromatic heterocycles. The molecule has 2 rings (SSSR count). The number of carbonyl (C=O) groups is 1. The summed E-state index contributed by atoms with van der Waals surface area (Å²) in [5, 5.41) is 3.17. The molecule has 0 aromatic rings. The van der Waals surface area contributed by atoms with Gasteiger partial charge >= 0.3 is 5.97 Å². The lowest BCUT2D eigenvalue weighted by atomic mass is 9.83. The van der Waals surface area contributed by atoms with E-state index in [0.29, 0.717) is 12.1 Å². The van der Waals surface area contributed by atoms with Crippen molar-refractivity contribution in [2.75, 3.05) is 7.11 Å². The van der Waals surface area contributed by atoms with E-state index in [1.807, 2.05) is 0 Å². The molecule has 0 bridgehead atoms. The van der Waals surface area contributed by atoms with Crippen LogP contribution in [0.2, 0.25) is 0 Å². The van der Waals surface area contributed by atoms with E-state index in [-0.39, 0.29) is 11.9 Å². The molecule has 0 amide bonds. The van der Waals surface area contributed by atoms with Gasteiger partial charge in [-0.1, -0.05) is 0 Å². The summed E-state index contributed by atoms with van der Waals surface area (Å²) in [5.41, 5.74) is 0. The van der Waals surface area contributed by atoms with Crippen LogP contribution in [0.3, 0.4) is 0 Å². The average Bonchev–Trinajstić information content (AvgIpc) is 2.63. The molecule has 0 saturated heterocycles. The summed E-state index contributed by atoms with van der Waals surface area (Å²) in [6.07, 6.45) is 4.52. The fourth-order valence-corrected chi connectivity index (χ4v) is 2.13. The van der Waals surface area contributed by atoms with Gasteiger partial charge < -0.3 is 10.1 Å². The van der Waals surface area contributed by atoms with Gasteiger partial charge in [0.05, 0.1) is 31.4 Å². The molecule has 1 heterocycles. The first-order valence-corrected chi connectivity index (χ1v) is 4.67. The zero-order chi connectivity index (χ0) is 9.26. The molecule has 1 aliphatic heterocycles. The Labute approximate surface area is 77.4 Å². The SMILES string of the molecule is COC(=O)[C@@H]1CC[C@H]2N=CN[C@@H]2C1. The van der Waals surface area contributed by atoms with Crippen molar-refractivity contribution in [3.05, 3.63) is 0 Å². The first-order chi connectivity index (χ1) is 6.31. The fourth-order valence-electron chi connectivity index (χ4n) is 2.13. The van der Waals surface area contributed by atoms with Crippen LogP contribution in [0.4, 0.5) is 0 Å². The van der Waals surface area contributed by atoms with Crippen LogP contribution < -0.4 is 5.32 Å². The molecule has 3 atom stereocenters. The van der Waals surface area contributed by atoms with Gasteiger partial charge in [-0.25, -0.2) is 0 Å². The molecule has 72 valence electrons. The number of esters is 1. The van der Waals surface area contributed by atoms with Crippen LogP contribution in [0.5, 0.6) is 0 Å². The van der Waals surface area contributed by atoms with Gasteiger partial charge in [0.2, 0.25) is 0 Å². The number of aliphatic imine (C=N–C) groups is 1. The van der Waals surface area contributed by atoms with E-state index < -0.39 is 0 Å². The Bertz CT molecular complexity index is 240. The van der Waals surface area contributed by atoms with Gasteiger partial charge in [-0.05, 0) is 19.3 Å². The van der Waals surface area contributed by atoms with Crippen molar-refractivity contribution in [1.29, 1.82) is 0 Å². The Hall–Kier alpha value is -1.06. The standard InChI is InChI=1S/C9H14N2O2/c1-13-9(12)6-2-3-7-8(4-6)11-5-10-7/h5-8H,2-4H2,1H3,(H,10,11)/t6-,7-,8-/m1/s1. The number of nitrogens with zero attached hydrogens (tertiary/aromatic N) is 1. The molecule has 4 nitrogen and oxygen atoms in total. The van der Waals surface area contributed by atoms with Gasteiger partial charge in [-0.3, -0.25) is 9.79 Å². The maximum Gasteiger partial charge on any atom is 0.308 e. The topological polar surface area (TPSA) is 50.7 Å². The van der Waals surface area contributed by atoms with E-state index in [2.05, 4.69) is 10.3 Å². The lowest BCUT2D eigenvalue weighted by Gasteiger charge is -2.28. The van der Waals surface area contributed by atoms with Crippen molar-refractivity contribution < 1.29 is 9.53 Å². The molecule has 13 heavy (non-hydrogen) atoms. The highest BCUT2D eigenvalue weighted by Crippen LogP contribution is 2.28. The smallest absolute Gasteiger partial charge is 0.308 e. The molecule has 0 unspecified atom stereocenters. The number of nitrogens with one attached hydrogen (secondary N) is 1. The first-order valence-electron chi connectivity index (χ1n) is 4.67. The van der Waals surface area contributed by atoms with Gasteiger partial charge in [0, 0.05) is 0 Å². The third kappa shape index (κ3) is 1.53. The van der Waals surface area contributed by atoms with E-state index in [4.69, 9.17) is 4.74 Å². The highest BCUT2D eigenvalue weighted by molar-refractivity contribution is 5.72. The van der Waals surface area contributed by atoms with Crippen LogP contribution >= 0.6 is 0 Å².